The maximum Gasteiger partial charge on any atom is 0.316 e. The van der Waals surface area contributed by atoms with Gasteiger partial charge in [0.15, 0.2) is 12.1 Å². The van der Waals surface area contributed by atoms with E-state index < -0.39 is 77.1 Å². The van der Waals surface area contributed by atoms with Crippen LogP contribution in [0.4, 0.5) is 0 Å². The summed E-state index contributed by atoms with van der Waals surface area (Å²) in [5.41, 5.74) is -1.49. The number of esters is 1. The van der Waals surface area contributed by atoms with E-state index in [9.17, 15) is 34.5 Å². The molecule has 0 spiro atoms. The molecule has 12 nitrogen and oxygen atoms in total. The monoisotopic (exact) mass is 741 g/mol. The van der Waals surface area contributed by atoms with Crippen molar-refractivity contribution in [2.45, 2.75) is 130 Å². The average Bonchev–Trinajstić information content (AvgIpc) is 3.64. The molecule has 0 aliphatic carbocycles. The minimum Gasteiger partial charge on any atom is -0.464 e. The Bertz CT molecular complexity index is 1570. The Labute approximate surface area is 313 Å². The molecular formula is C41H59NO11. The minimum absolute atomic E-state index is 0.0214. The van der Waals surface area contributed by atoms with Gasteiger partial charge in [-0.05, 0) is 62.6 Å². The van der Waals surface area contributed by atoms with Crippen LogP contribution in [0.15, 0.2) is 47.1 Å². The lowest BCUT2D eigenvalue weighted by Gasteiger charge is -2.45. The molecule has 3 heterocycles. The minimum atomic E-state index is -2.14. The van der Waals surface area contributed by atoms with Crippen molar-refractivity contribution in [3.8, 4) is 11.3 Å². The topological polar surface area (TPSA) is 182 Å². The summed E-state index contributed by atoms with van der Waals surface area (Å²) in [7, 11) is 0. The number of nitrogens with one attached hydrogen (secondary N) is 1. The summed E-state index contributed by atoms with van der Waals surface area (Å²) in [6.45, 7) is 15.1. The average molecular weight is 742 g/mol. The van der Waals surface area contributed by atoms with Crippen LogP contribution in [0, 0.1) is 35.0 Å². The molecule has 1 aromatic heterocycles. The van der Waals surface area contributed by atoms with Gasteiger partial charge in [-0.25, -0.2) is 0 Å². The van der Waals surface area contributed by atoms with Crippen molar-refractivity contribution in [1.82, 2.24) is 5.32 Å². The third-order valence-electron chi connectivity index (χ3n) is 11.3. The van der Waals surface area contributed by atoms with Crippen LogP contribution in [0.5, 0.6) is 0 Å². The van der Waals surface area contributed by atoms with E-state index >= 15 is 0 Å². The number of furan rings is 1. The number of aliphatic hydroxyl groups excluding tert-OH is 2. The maximum absolute atomic E-state index is 14.1. The van der Waals surface area contributed by atoms with Gasteiger partial charge in [0, 0.05) is 36.3 Å². The summed E-state index contributed by atoms with van der Waals surface area (Å²) in [6.07, 6.45) is -3.82. The summed E-state index contributed by atoms with van der Waals surface area (Å²) in [4.78, 5) is 54.8. The maximum atomic E-state index is 14.1. The Hall–Kier alpha value is -3.42. The first kappa shape index (κ1) is 42.3. The number of hydrogen-bond acceptors (Lipinski definition) is 11. The second kappa shape index (κ2) is 17.4. The van der Waals surface area contributed by atoms with Gasteiger partial charge in [-0.15, -0.1) is 0 Å². The predicted octanol–water partition coefficient (Wildman–Crippen LogP) is 4.65. The van der Waals surface area contributed by atoms with Crippen LogP contribution in [-0.2, 0) is 39.8 Å². The molecule has 0 saturated carbocycles. The van der Waals surface area contributed by atoms with Crippen molar-refractivity contribution >= 4 is 23.4 Å². The zero-order valence-corrected chi connectivity index (χ0v) is 32.5. The molecule has 1 amide bonds. The number of amides is 1. The molecule has 294 valence electrons. The third kappa shape index (κ3) is 9.82. The molecule has 2 fully saturated rings. The predicted molar refractivity (Wildman–Crippen MR) is 196 cm³/mol. The Morgan fingerprint density at radius 3 is 2.28 bits per heavy atom. The molecule has 2 aromatic rings. The van der Waals surface area contributed by atoms with Gasteiger partial charge in [0.25, 0.3) is 0 Å². The van der Waals surface area contributed by atoms with Crippen LogP contribution in [0.1, 0.15) is 87.1 Å². The number of carbonyl (C=O) groups is 4. The second-order valence-corrected chi connectivity index (χ2v) is 16.3. The molecule has 12 heteroatoms. The van der Waals surface area contributed by atoms with Gasteiger partial charge < -0.3 is 39.3 Å². The molecule has 4 rings (SSSR count). The van der Waals surface area contributed by atoms with Crippen molar-refractivity contribution in [2.24, 2.45) is 35.0 Å². The van der Waals surface area contributed by atoms with Gasteiger partial charge in [0.2, 0.25) is 5.91 Å². The largest absolute Gasteiger partial charge is 0.464 e. The van der Waals surface area contributed by atoms with Crippen LogP contribution in [0.2, 0.25) is 0 Å². The quantitative estimate of drug-likeness (QED) is 0.218. The van der Waals surface area contributed by atoms with Crippen LogP contribution >= 0.6 is 0 Å². The molecule has 2 saturated heterocycles. The summed E-state index contributed by atoms with van der Waals surface area (Å²) >= 11 is 0. The molecular weight excluding hydrogens is 682 g/mol. The normalized spacial score (nSPS) is 36.0. The molecule has 2 aliphatic heterocycles. The summed E-state index contributed by atoms with van der Waals surface area (Å²) in [6, 6.07) is 10.9. The zero-order chi connectivity index (χ0) is 39.4. The lowest BCUT2D eigenvalue weighted by Crippen LogP contribution is -2.57. The number of carbonyl (C=O) groups excluding carboxylic acids is 4. The number of ether oxygens (including phenoxy) is 3. The highest BCUT2D eigenvalue weighted by Gasteiger charge is 2.50. The first-order valence-corrected chi connectivity index (χ1v) is 18.8. The molecule has 2 aliphatic rings. The van der Waals surface area contributed by atoms with Gasteiger partial charge in [-0.3, -0.25) is 19.2 Å². The van der Waals surface area contributed by atoms with E-state index in [1.54, 1.807) is 32.2 Å². The molecule has 53 heavy (non-hydrogen) atoms. The Balaban J connectivity index is 1.58. The smallest absolute Gasteiger partial charge is 0.316 e. The van der Waals surface area contributed by atoms with Crippen molar-refractivity contribution in [2.75, 3.05) is 6.54 Å². The Morgan fingerprint density at radius 2 is 1.62 bits per heavy atom. The van der Waals surface area contributed by atoms with E-state index in [4.69, 9.17) is 18.6 Å². The summed E-state index contributed by atoms with van der Waals surface area (Å²) < 4.78 is 23.8. The number of hydrogen-bond donors (Lipinski definition) is 4. The van der Waals surface area contributed by atoms with E-state index in [1.165, 1.54) is 20.8 Å². The van der Waals surface area contributed by atoms with Crippen LogP contribution in [0.25, 0.3) is 11.3 Å². The van der Waals surface area contributed by atoms with Gasteiger partial charge in [0.1, 0.15) is 35.3 Å². The first-order chi connectivity index (χ1) is 24.8. The molecule has 4 unspecified atom stereocenters. The highest BCUT2D eigenvalue weighted by atomic mass is 16.7. The highest BCUT2D eigenvalue weighted by Crippen LogP contribution is 2.41. The molecule has 12 atom stereocenters. The Morgan fingerprint density at radius 1 is 0.943 bits per heavy atom. The first-order valence-electron chi connectivity index (χ1n) is 18.8. The van der Waals surface area contributed by atoms with E-state index in [1.807, 2.05) is 52.0 Å². The number of benzene rings is 1. The molecule has 0 radical (unpaired) electrons. The number of rotatable bonds is 8. The third-order valence-corrected chi connectivity index (χ3v) is 11.3. The Kier molecular flexibility index (Phi) is 13.9. The summed E-state index contributed by atoms with van der Waals surface area (Å²) in [5, 5.41) is 37.1. The van der Waals surface area contributed by atoms with Crippen molar-refractivity contribution < 1.29 is 53.1 Å². The fraction of sp³-hybridized carbons (Fsp3) is 0.659. The van der Waals surface area contributed by atoms with E-state index in [0.29, 0.717) is 12.2 Å². The van der Waals surface area contributed by atoms with Gasteiger partial charge in [-0.1, -0.05) is 65.8 Å². The fourth-order valence-corrected chi connectivity index (χ4v) is 8.14. The van der Waals surface area contributed by atoms with Gasteiger partial charge >= 0.3 is 5.97 Å². The van der Waals surface area contributed by atoms with Crippen molar-refractivity contribution in [3.05, 3.63) is 48.2 Å². The zero-order valence-electron chi connectivity index (χ0n) is 32.5. The fourth-order valence-electron chi connectivity index (χ4n) is 8.14. The molecule has 4 N–H and O–H groups in total. The molecule has 1 aromatic carbocycles. The highest BCUT2D eigenvalue weighted by molar-refractivity contribution is 6.00. The lowest BCUT2D eigenvalue weighted by atomic mass is 9.69. The van der Waals surface area contributed by atoms with Crippen LogP contribution in [-0.4, -0.2) is 87.7 Å². The lowest BCUT2D eigenvalue weighted by molar-refractivity contribution is -0.284. The SMILES string of the molecule is CC1CC(C)C(O)C(O[C@@H]2[C@@H](C)C(=O)[C@@H](C)C(=O)O[C@H](CCNC(=O)Cc3ccccc3-c3ccco3)[C@@](C)(O)[C@H](O)[C@@H](C)C(=O)[C@H](C)CC2(C)C)O1. The number of Topliss-reactive ketones (excluding diaryl/α,β-unsaturated/α-hetero) is 2. The van der Waals surface area contributed by atoms with Gasteiger partial charge in [0.05, 0.1) is 31.0 Å². The molecule has 0 bridgehead atoms. The number of ketones is 2. The van der Waals surface area contributed by atoms with Crippen LogP contribution in [0.3, 0.4) is 0 Å². The number of cyclic esters (lactones) is 1. The van der Waals surface area contributed by atoms with E-state index in [2.05, 4.69) is 5.32 Å². The standard InChI is InChI=1S/C41H59NO11/c1-22-19-24(3)51-39(34(22)45)53-37-26(5)35(46)27(6)38(48)52-31(41(9,49)36(47)25(4)33(44)23(2)21-40(37,7)8)16-17-42-32(43)20-28-13-10-11-14-29(28)30-15-12-18-50-30/h10-15,18,22-27,31,34,36-37,39,45,47,49H,16-17,19-21H2,1-9H3,(H,42,43)/t22?,23-,24?,25+,26+,27-,31-,34?,36-,37-,39?,41-/m1/s1. The van der Waals surface area contributed by atoms with Crippen molar-refractivity contribution in [1.29, 1.82) is 0 Å². The number of aliphatic hydroxyl groups is 3. The van der Waals surface area contributed by atoms with Crippen LogP contribution < -0.4 is 5.32 Å². The van der Waals surface area contributed by atoms with Gasteiger partial charge in [-0.2, -0.15) is 0 Å². The van der Waals surface area contributed by atoms with E-state index in [-0.39, 0.29) is 49.5 Å². The second-order valence-electron chi connectivity index (χ2n) is 16.3. The summed E-state index contributed by atoms with van der Waals surface area (Å²) in [5.74, 6) is -5.52. The van der Waals surface area contributed by atoms with Crippen molar-refractivity contribution in [3.63, 3.8) is 0 Å². The van der Waals surface area contributed by atoms with E-state index in [0.717, 1.165) is 11.1 Å².